The summed E-state index contributed by atoms with van der Waals surface area (Å²) in [5.74, 6) is -1.86. The van der Waals surface area contributed by atoms with Gasteiger partial charge in [0.25, 0.3) is 32.1 Å². The number of rotatable bonds is 7. The highest BCUT2D eigenvalue weighted by molar-refractivity contribution is 7.86. The Morgan fingerprint density at radius 1 is 0.500 bits per heavy atom. The number of carbonyl (C=O) groups is 2. The van der Waals surface area contributed by atoms with E-state index in [0.717, 1.165) is 23.3 Å². The summed E-state index contributed by atoms with van der Waals surface area (Å²) < 4.78 is 64.8. The number of aromatic hydroxyl groups is 2. The number of hydrogen-bond acceptors (Lipinski definition) is 8. The summed E-state index contributed by atoms with van der Waals surface area (Å²) in [6.07, 6.45) is 0. The number of nitrogens with one attached hydrogen (secondary N) is 2. The van der Waals surface area contributed by atoms with Crippen molar-refractivity contribution in [2.24, 2.45) is 0 Å². The molecule has 0 unspecified atom stereocenters. The molecule has 0 saturated carbocycles. The molecule has 0 heterocycles. The van der Waals surface area contributed by atoms with Gasteiger partial charge < -0.3 is 20.8 Å². The Kier molecular flexibility index (Phi) is 8.10. The van der Waals surface area contributed by atoms with Crippen molar-refractivity contribution < 1.29 is 45.7 Å². The smallest absolute Gasteiger partial charge is 0.294 e. The van der Waals surface area contributed by atoms with Crippen LogP contribution in [0.15, 0.2) is 119 Å². The number of phenols is 2. The van der Waals surface area contributed by atoms with Gasteiger partial charge in [0.1, 0.15) is 11.5 Å². The molecule has 0 bridgehead atoms. The number of phenolic OH excluding ortho intramolecular Hbond substituents is 2. The molecule has 0 saturated heterocycles. The van der Waals surface area contributed by atoms with Crippen LogP contribution in [0.1, 0.15) is 20.7 Å². The fraction of sp³-hybridized carbons (Fsp3) is 0. The van der Waals surface area contributed by atoms with Crippen LogP contribution in [0.2, 0.25) is 0 Å². The van der Waals surface area contributed by atoms with E-state index in [1.165, 1.54) is 24.3 Å². The first-order chi connectivity index (χ1) is 22.7. The monoisotopic (exact) mass is 684 g/mol. The molecular formula is C34H24N2O10S2. The maximum absolute atomic E-state index is 13.0. The molecule has 6 rings (SSSR count). The van der Waals surface area contributed by atoms with E-state index in [1.54, 1.807) is 72.8 Å². The van der Waals surface area contributed by atoms with Crippen molar-refractivity contribution in [1.82, 2.24) is 0 Å². The molecule has 0 spiro atoms. The SMILES string of the molecule is O=C(Nc1cccc2cc(S(=O)(=O)O)cc(O)c12)c1ccc(-c2ccc(C(=O)Nc3cccc4cc(S(=O)(=O)O)cc(O)c34)cc2)cc1. The highest BCUT2D eigenvalue weighted by Gasteiger charge is 2.18. The van der Waals surface area contributed by atoms with Crippen molar-refractivity contribution in [3.8, 4) is 22.6 Å². The van der Waals surface area contributed by atoms with Crippen LogP contribution >= 0.6 is 0 Å². The van der Waals surface area contributed by atoms with Gasteiger partial charge in [-0.1, -0.05) is 48.5 Å². The molecule has 0 radical (unpaired) electrons. The third-order valence-electron chi connectivity index (χ3n) is 7.58. The molecule has 48 heavy (non-hydrogen) atoms. The molecule has 0 fully saturated rings. The van der Waals surface area contributed by atoms with Crippen LogP contribution in [0.4, 0.5) is 11.4 Å². The van der Waals surface area contributed by atoms with Crippen molar-refractivity contribution in [3.63, 3.8) is 0 Å². The highest BCUT2D eigenvalue weighted by Crippen LogP contribution is 2.36. The molecule has 0 aliphatic heterocycles. The van der Waals surface area contributed by atoms with Gasteiger partial charge in [0.2, 0.25) is 0 Å². The molecule has 12 nitrogen and oxygen atoms in total. The van der Waals surface area contributed by atoms with Gasteiger partial charge in [-0.3, -0.25) is 18.7 Å². The average Bonchev–Trinajstić information content (AvgIpc) is 3.04. The van der Waals surface area contributed by atoms with Gasteiger partial charge in [-0.05, 0) is 70.4 Å². The molecule has 242 valence electrons. The van der Waals surface area contributed by atoms with Crippen molar-refractivity contribution in [2.75, 3.05) is 10.6 Å². The summed E-state index contributed by atoms with van der Waals surface area (Å²) >= 11 is 0. The minimum absolute atomic E-state index is 0.197. The van der Waals surface area contributed by atoms with Crippen LogP contribution in [0.25, 0.3) is 32.7 Å². The number of fused-ring (bicyclic) bond motifs is 2. The molecule has 6 N–H and O–H groups in total. The Bertz CT molecular complexity index is 2320. The molecule has 14 heteroatoms. The molecule has 2 amide bonds. The van der Waals surface area contributed by atoms with Gasteiger partial charge in [0.15, 0.2) is 0 Å². The van der Waals surface area contributed by atoms with Gasteiger partial charge in [-0.25, -0.2) is 0 Å². The Labute approximate surface area is 273 Å². The molecule has 6 aromatic rings. The summed E-state index contributed by atoms with van der Waals surface area (Å²) in [5, 5.41) is 27.3. The third kappa shape index (κ3) is 6.41. The van der Waals surface area contributed by atoms with E-state index >= 15 is 0 Å². The van der Waals surface area contributed by atoms with Crippen LogP contribution in [-0.2, 0) is 20.2 Å². The fourth-order valence-corrected chi connectivity index (χ4v) is 6.35. The Morgan fingerprint density at radius 2 is 0.854 bits per heavy atom. The lowest BCUT2D eigenvalue weighted by molar-refractivity contribution is 0.101. The molecule has 0 aliphatic rings. The van der Waals surface area contributed by atoms with E-state index in [9.17, 15) is 45.7 Å². The minimum atomic E-state index is -4.55. The third-order valence-corrected chi connectivity index (χ3v) is 9.24. The highest BCUT2D eigenvalue weighted by atomic mass is 32.2. The maximum Gasteiger partial charge on any atom is 0.294 e. The van der Waals surface area contributed by atoms with E-state index in [4.69, 9.17) is 0 Å². The fourth-order valence-electron chi connectivity index (χ4n) is 5.28. The van der Waals surface area contributed by atoms with E-state index in [1.807, 2.05) is 0 Å². The minimum Gasteiger partial charge on any atom is -0.507 e. The second-order valence-corrected chi connectivity index (χ2v) is 13.5. The first kappa shape index (κ1) is 32.2. The van der Waals surface area contributed by atoms with Crippen LogP contribution in [0.3, 0.4) is 0 Å². The van der Waals surface area contributed by atoms with Crippen molar-refractivity contribution >= 4 is 65.0 Å². The Balaban J connectivity index is 1.17. The quantitative estimate of drug-likeness (QED) is 0.107. The summed E-state index contributed by atoms with van der Waals surface area (Å²) in [6.45, 7) is 0. The van der Waals surface area contributed by atoms with Gasteiger partial charge in [0, 0.05) is 34.0 Å². The lowest BCUT2D eigenvalue weighted by Gasteiger charge is -2.12. The maximum atomic E-state index is 13.0. The number of hydrogen-bond donors (Lipinski definition) is 6. The summed E-state index contributed by atoms with van der Waals surface area (Å²) in [6, 6.07) is 26.6. The zero-order valence-electron chi connectivity index (χ0n) is 24.4. The Hall–Kier alpha value is -5.80. The van der Waals surface area contributed by atoms with Crippen LogP contribution in [0.5, 0.6) is 11.5 Å². The summed E-state index contributed by atoms with van der Waals surface area (Å²) in [5.41, 5.74) is 2.54. The van der Waals surface area contributed by atoms with Crippen LogP contribution in [-0.4, -0.2) is 48.0 Å². The zero-order chi connectivity index (χ0) is 34.4. The van der Waals surface area contributed by atoms with Crippen LogP contribution in [0, 0.1) is 0 Å². The van der Waals surface area contributed by atoms with Crippen molar-refractivity contribution in [1.29, 1.82) is 0 Å². The number of amides is 2. The molecule has 0 aromatic heterocycles. The predicted molar refractivity (Wildman–Crippen MR) is 179 cm³/mol. The molecule has 0 aliphatic carbocycles. The van der Waals surface area contributed by atoms with Gasteiger partial charge in [0.05, 0.1) is 21.2 Å². The second-order valence-electron chi connectivity index (χ2n) is 10.7. The van der Waals surface area contributed by atoms with E-state index in [0.29, 0.717) is 11.1 Å². The lowest BCUT2D eigenvalue weighted by Crippen LogP contribution is -2.12. The molecular weight excluding hydrogens is 661 g/mol. The first-order valence-electron chi connectivity index (χ1n) is 14.0. The summed E-state index contributed by atoms with van der Waals surface area (Å²) in [7, 11) is -9.11. The van der Waals surface area contributed by atoms with Crippen LogP contribution < -0.4 is 10.6 Å². The second kappa shape index (κ2) is 12.1. The standard InChI is InChI=1S/C34H24N2O10S2/c37-29-17-25(47(41,42)43)15-23-3-1-5-27(31(23)29)35-33(39)21-11-7-19(8-12-21)20-9-13-22(14-10-20)34(40)36-28-6-2-4-24-16-26(48(44,45)46)18-30(38)32(24)28/h1-18,37-38H,(H,35,39)(H,36,40)(H,41,42,43)(H,44,45,46). The van der Waals surface area contributed by atoms with Gasteiger partial charge in [-0.2, -0.15) is 16.8 Å². The average molecular weight is 685 g/mol. The van der Waals surface area contributed by atoms with E-state index in [-0.39, 0.29) is 32.9 Å². The Morgan fingerprint density at radius 3 is 1.19 bits per heavy atom. The lowest BCUT2D eigenvalue weighted by atomic mass is 10.0. The summed E-state index contributed by atoms with van der Waals surface area (Å²) in [4.78, 5) is 25.1. The van der Waals surface area contributed by atoms with Crippen molar-refractivity contribution in [3.05, 3.63) is 120 Å². The largest absolute Gasteiger partial charge is 0.507 e. The van der Waals surface area contributed by atoms with E-state index < -0.39 is 53.3 Å². The molecule has 6 aromatic carbocycles. The topological polar surface area (TPSA) is 207 Å². The van der Waals surface area contributed by atoms with Gasteiger partial charge in [-0.15, -0.1) is 0 Å². The first-order valence-corrected chi connectivity index (χ1v) is 16.9. The number of benzene rings is 6. The normalized spacial score (nSPS) is 11.8. The number of carbonyl (C=O) groups excluding carboxylic acids is 2. The zero-order valence-corrected chi connectivity index (χ0v) is 26.1. The van der Waals surface area contributed by atoms with E-state index in [2.05, 4.69) is 10.6 Å². The molecule has 0 atom stereocenters. The van der Waals surface area contributed by atoms with Gasteiger partial charge >= 0.3 is 0 Å². The van der Waals surface area contributed by atoms with Crippen molar-refractivity contribution in [2.45, 2.75) is 9.79 Å². The number of anilines is 2. The predicted octanol–water partition coefficient (Wildman–Crippen LogP) is 6.07.